The zero-order valence-corrected chi connectivity index (χ0v) is 15.8. The third-order valence-corrected chi connectivity index (χ3v) is 5.79. The van der Waals surface area contributed by atoms with Crippen LogP contribution >= 0.6 is 0 Å². The van der Waals surface area contributed by atoms with Gasteiger partial charge in [-0.2, -0.15) is 0 Å². The summed E-state index contributed by atoms with van der Waals surface area (Å²) < 4.78 is 0. The van der Waals surface area contributed by atoms with E-state index in [1.165, 1.54) is 21.6 Å². The summed E-state index contributed by atoms with van der Waals surface area (Å²) in [5.74, 6) is 0.617. The molecule has 2 N–H and O–H groups in total. The number of carbonyl (C=O) groups is 2. The minimum atomic E-state index is -0.635. The Morgan fingerprint density at radius 3 is 2.56 bits per heavy atom. The molecule has 1 aliphatic carbocycles. The summed E-state index contributed by atoms with van der Waals surface area (Å²) in [6, 6.07) is 6.21. The van der Waals surface area contributed by atoms with Crippen molar-refractivity contribution in [1.29, 1.82) is 0 Å². The van der Waals surface area contributed by atoms with Gasteiger partial charge in [0.2, 0.25) is 0 Å². The fourth-order valence-corrected chi connectivity index (χ4v) is 4.11. The smallest absolute Gasteiger partial charge is 0.323 e. The van der Waals surface area contributed by atoms with Gasteiger partial charge in [0.05, 0.1) is 7.05 Å². The molecule has 5 nitrogen and oxygen atoms in total. The van der Waals surface area contributed by atoms with E-state index in [1.54, 1.807) is 0 Å². The van der Waals surface area contributed by atoms with E-state index < -0.39 is 5.54 Å². The van der Waals surface area contributed by atoms with Gasteiger partial charge in [-0.3, -0.25) is 4.79 Å². The van der Waals surface area contributed by atoms with Crippen molar-refractivity contribution >= 4 is 11.9 Å². The van der Waals surface area contributed by atoms with E-state index in [9.17, 15) is 9.59 Å². The molecule has 1 atom stereocenters. The third-order valence-electron chi connectivity index (χ3n) is 5.79. The molecule has 1 aromatic rings. The number of amides is 3. The van der Waals surface area contributed by atoms with Crippen LogP contribution in [0.1, 0.15) is 49.3 Å². The summed E-state index contributed by atoms with van der Waals surface area (Å²) in [7, 11) is 2.04. The molecular weight excluding hydrogens is 314 g/mol. The molecule has 1 saturated carbocycles. The predicted molar refractivity (Wildman–Crippen MR) is 97.1 cm³/mol. The lowest BCUT2D eigenvalue weighted by atomic mass is 9.77. The van der Waals surface area contributed by atoms with Gasteiger partial charge < -0.3 is 10.2 Å². The van der Waals surface area contributed by atoms with E-state index in [0.717, 1.165) is 37.1 Å². The van der Waals surface area contributed by atoms with Crippen LogP contribution in [0.3, 0.4) is 0 Å². The molecule has 0 aromatic heterocycles. The lowest BCUT2D eigenvalue weighted by Gasteiger charge is -2.33. The number of hydrogen-bond donors (Lipinski definition) is 2. The fourth-order valence-electron chi connectivity index (χ4n) is 4.11. The quantitative estimate of drug-likeness (QED) is 0.818. The zero-order chi connectivity index (χ0) is 18.2. The van der Waals surface area contributed by atoms with Gasteiger partial charge in [0.1, 0.15) is 12.1 Å². The zero-order valence-electron chi connectivity index (χ0n) is 15.8. The molecule has 136 valence electrons. The number of nitrogens with zero attached hydrogens (tertiary/aromatic N) is 1. The van der Waals surface area contributed by atoms with Crippen molar-refractivity contribution in [2.24, 2.45) is 5.92 Å². The second-order valence-corrected chi connectivity index (χ2v) is 8.15. The molecule has 0 bridgehead atoms. The molecule has 1 aliphatic heterocycles. The number of nitrogens with one attached hydrogen (secondary N) is 2. The average Bonchev–Trinajstić information content (AvgIpc) is 2.78. The molecule has 1 heterocycles. The molecule has 2 fully saturated rings. The minimum absolute atomic E-state index is 0.0237. The minimum Gasteiger partial charge on any atom is -0.323 e. The first-order valence-electron chi connectivity index (χ1n) is 9.32. The summed E-state index contributed by atoms with van der Waals surface area (Å²) in [5, 5.41) is 3.00. The molecule has 2 aliphatic rings. The normalized spacial score (nSPS) is 27.7. The Balaban J connectivity index is 1.66. The second-order valence-electron chi connectivity index (χ2n) is 8.15. The molecule has 1 spiro atoms. The third kappa shape index (κ3) is 3.56. The molecule has 0 radical (unpaired) electrons. The van der Waals surface area contributed by atoms with Gasteiger partial charge in [-0.1, -0.05) is 30.7 Å². The molecule has 5 heteroatoms. The van der Waals surface area contributed by atoms with Crippen molar-refractivity contribution in [1.82, 2.24) is 10.2 Å². The molecule has 3 amide bonds. The van der Waals surface area contributed by atoms with Crippen molar-refractivity contribution in [3.05, 3.63) is 34.9 Å². The van der Waals surface area contributed by atoms with Crippen LogP contribution in [0.15, 0.2) is 18.2 Å². The van der Waals surface area contributed by atoms with Crippen LogP contribution in [0.2, 0.25) is 0 Å². The Hall–Kier alpha value is -1.88. The monoisotopic (exact) mass is 344 g/mol. The van der Waals surface area contributed by atoms with Crippen molar-refractivity contribution in [3.8, 4) is 0 Å². The Morgan fingerprint density at radius 1 is 1.24 bits per heavy atom. The van der Waals surface area contributed by atoms with Gasteiger partial charge in [-0.25, -0.2) is 9.69 Å². The highest BCUT2D eigenvalue weighted by Gasteiger charge is 2.52. The summed E-state index contributed by atoms with van der Waals surface area (Å²) >= 11 is 0. The van der Waals surface area contributed by atoms with Crippen LogP contribution in [0.5, 0.6) is 0 Å². The maximum Gasteiger partial charge on any atom is 0.329 e. The average molecular weight is 344 g/mol. The first-order chi connectivity index (χ1) is 11.8. The van der Waals surface area contributed by atoms with E-state index >= 15 is 0 Å². The van der Waals surface area contributed by atoms with Crippen LogP contribution in [-0.2, 0) is 11.3 Å². The number of aryl methyl sites for hydroxylation is 2. The highest BCUT2D eigenvalue weighted by Crippen LogP contribution is 2.35. The van der Waals surface area contributed by atoms with Crippen LogP contribution in [0.4, 0.5) is 4.79 Å². The van der Waals surface area contributed by atoms with Crippen LogP contribution in [0.25, 0.3) is 0 Å². The number of quaternary nitrogens is 1. The van der Waals surface area contributed by atoms with E-state index in [0.29, 0.717) is 12.6 Å². The lowest BCUT2D eigenvalue weighted by molar-refractivity contribution is -0.901. The Labute approximate surface area is 150 Å². The van der Waals surface area contributed by atoms with Crippen molar-refractivity contribution < 1.29 is 14.5 Å². The van der Waals surface area contributed by atoms with Crippen molar-refractivity contribution in [2.45, 2.75) is 58.5 Å². The number of hydrogen-bond acceptors (Lipinski definition) is 2. The molecule has 1 aromatic carbocycles. The van der Waals surface area contributed by atoms with Gasteiger partial charge in [-0.05, 0) is 51.0 Å². The molecule has 25 heavy (non-hydrogen) atoms. The Bertz CT molecular complexity index is 678. The van der Waals surface area contributed by atoms with Crippen LogP contribution in [0, 0.1) is 19.8 Å². The van der Waals surface area contributed by atoms with Gasteiger partial charge in [0.15, 0.2) is 6.67 Å². The second kappa shape index (κ2) is 6.79. The molecule has 3 rings (SSSR count). The van der Waals surface area contributed by atoms with Gasteiger partial charge in [-0.15, -0.1) is 0 Å². The van der Waals surface area contributed by atoms with E-state index in [1.807, 2.05) is 7.05 Å². The Kier molecular flexibility index (Phi) is 4.87. The molecule has 1 saturated heterocycles. The maximum atomic E-state index is 12.9. The predicted octanol–water partition coefficient (Wildman–Crippen LogP) is 1.78. The number of rotatable bonds is 4. The van der Waals surface area contributed by atoms with E-state index in [2.05, 4.69) is 44.3 Å². The number of imide groups is 1. The van der Waals surface area contributed by atoms with Gasteiger partial charge in [0, 0.05) is 5.56 Å². The topological polar surface area (TPSA) is 53.9 Å². The molecule has 1 unspecified atom stereocenters. The number of urea groups is 1. The first-order valence-corrected chi connectivity index (χ1v) is 9.32. The lowest BCUT2D eigenvalue weighted by Crippen LogP contribution is -3.09. The maximum absolute atomic E-state index is 12.9. The summed E-state index contributed by atoms with van der Waals surface area (Å²) in [6.45, 7) is 7.63. The van der Waals surface area contributed by atoms with Crippen molar-refractivity contribution in [3.63, 3.8) is 0 Å². The highest BCUT2D eigenvalue weighted by atomic mass is 16.2. The van der Waals surface area contributed by atoms with Crippen molar-refractivity contribution in [2.75, 3.05) is 13.7 Å². The van der Waals surface area contributed by atoms with Gasteiger partial charge in [0.25, 0.3) is 5.91 Å². The van der Waals surface area contributed by atoms with E-state index in [4.69, 9.17) is 0 Å². The first kappa shape index (κ1) is 17.9. The highest BCUT2D eigenvalue weighted by molar-refractivity contribution is 6.06. The largest absolute Gasteiger partial charge is 0.329 e. The number of benzene rings is 1. The van der Waals surface area contributed by atoms with Gasteiger partial charge >= 0.3 is 6.03 Å². The summed E-state index contributed by atoms with van der Waals surface area (Å²) in [5.41, 5.74) is 3.14. The fraction of sp³-hybridized carbons (Fsp3) is 0.600. The van der Waals surface area contributed by atoms with E-state index in [-0.39, 0.29) is 11.9 Å². The summed E-state index contributed by atoms with van der Waals surface area (Å²) in [4.78, 5) is 27.9. The SMILES string of the molecule is Cc1ccc(C[NH+](C)CN2C(=O)NC3(CCC(C)CC3)C2=O)c(C)c1. The Morgan fingerprint density at radius 2 is 1.92 bits per heavy atom. The standard InChI is InChI=1S/C20H29N3O2/c1-14-7-9-20(10-8-14)18(24)23(19(25)21-20)13-22(4)12-17-6-5-15(2)11-16(17)3/h5-6,11,14H,7-10,12-13H2,1-4H3,(H,21,25)/p+1. The molecular formula is C20H30N3O2+. The summed E-state index contributed by atoms with van der Waals surface area (Å²) in [6.07, 6.45) is 3.55. The van der Waals surface area contributed by atoms with Crippen LogP contribution in [-0.4, -0.2) is 36.1 Å². The van der Waals surface area contributed by atoms with Crippen LogP contribution < -0.4 is 10.2 Å². The number of carbonyl (C=O) groups excluding carboxylic acids is 2.